The summed E-state index contributed by atoms with van der Waals surface area (Å²) in [6.45, 7) is 11.8. The van der Waals surface area contributed by atoms with Gasteiger partial charge in [-0.1, -0.05) is 19.9 Å². The summed E-state index contributed by atoms with van der Waals surface area (Å²) in [5.74, 6) is 1.61. The molecular weight excluding hydrogens is 260 g/mol. The molecule has 0 aliphatic carbocycles. The van der Waals surface area contributed by atoms with Gasteiger partial charge in [0.25, 0.3) is 0 Å². The molecule has 0 bridgehead atoms. The third kappa shape index (κ3) is 5.16. The highest BCUT2D eigenvalue weighted by Gasteiger charge is 2.21. The molecular formula is C18H28N2O. The van der Waals surface area contributed by atoms with Crippen molar-refractivity contribution in [1.29, 1.82) is 0 Å². The maximum atomic E-state index is 12.1. The Morgan fingerprint density at radius 2 is 1.71 bits per heavy atom. The fraction of sp³-hybridized carbons (Fsp3) is 0.611. The zero-order chi connectivity index (χ0) is 15.4. The predicted molar refractivity (Wildman–Crippen MR) is 88.5 cm³/mol. The van der Waals surface area contributed by atoms with Gasteiger partial charge >= 0.3 is 0 Å². The lowest BCUT2D eigenvalue weighted by atomic mass is 9.92. The molecule has 2 atom stereocenters. The number of nitrogens with one attached hydrogen (secondary N) is 1. The Bertz CT molecular complexity index is 468. The molecule has 1 aromatic carbocycles. The van der Waals surface area contributed by atoms with Crippen LogP contribution >= 0.6 is 0 Å². The molecule has 0 aromatic heterocycles. The first kappa shape index (κ1) is 16.0. The number of hydrogen-bond donors (Lipinski definition) is 1. The molecule has 1 fully saturated rings. The molecule has 0 radical (unpaired) electrons. The molecule has 1 heterocycles. The van der Waals surface area contributed by atoms with Crippen LogP contribution in [-0.4, -0.2) is 30.4 Å². The number of anilines is 1. The van der Waals surface area contributed by atoms with Crippen LogP contribution in [-0.2, 0) is 4.79 Å². The second kappa shape index (κ2) is 7.08. The number of carbonyl (C=O) groups excluding carboxylic acids is 1. The number of benzene rings is 1. The molecule has 1 aromatic rings. The molecule has 3 nitrogen and oxygen atoms in total. The number of aryl methyl sites for hydroxylation is 2. The minimum atomic E-state index is 0.117. The summed E-state index contributed by atoms with van der Waals surface area (Å²) in [7, 11) is 0. The third-order valence-corrected chi connectivity index (χ3v) is 4.11. The molecule has 1 saturated heterocycles. The van der Waals surface area contributed by atoms with Crippen LogP contribution in [0.2, 0.25) is 0 Å². The van der Waals surface area contributed by atoms with E-state index in [2.05, 4.69) is 44.0 Å². The van der Waals surface area contributed by atoms with Crippen molar-refractivity contribution >= 4 is 11.6 Å². The van der Waals surface area contributed by atoms with Gasteiger partial charge in [0.15, 0.2) is 0 Å². The predicted octanol–water partition coefficient (Wildman–Crippen LogP) is 3.61. The van der Waals surface area contributed by atoms with Gasteiger partial charge in [-0.05, 0) is 55.4 Å². The molecule has 0 unspecified atom stereocenters. The van der Waals surface area contributed by atoms with Crippen LogP contribution in [0.3, 0.4) is 0 Å². The van der Waals surface area contributed by atoms with E-state index in [-0.39, 0.29) is 5.91 Å². The van der Waals surface area contributed by atoms with Crippen LogP contribution in [0.4, 0.5) is 5.69 Å². The highest BCUT2D eigenvalue weighted by Crippen LogP contribution is 2.21. The zero-order valence-electron chi connectivity index (χ0n) is 13.8. The van der Waals surface area contributed by atoms with E-state index < -0.39 is 0 Å². The molecule has 2 rings (SSSR count). The maximum absolute atomic E-state index is 12.1. The van der Waals surface area contributed by atoms with Crippen molar-refractivity contribution in [2.24, 2.45) is 11.8 Å². The highest BCUT2D eigenvalue weighted by molar-refractivity contribution is 5.91. The fourth-order valence-electron chi connectivity index (χ4n) is 3.50. The number of carbonyl (C=O) groups is 1. The SMILES string of the molecule is Cc1cc(C)cc(NC(=O)CCN2C[C@@H](C)C[C@H](C)C2)c1. The fourth-order valence-corrected chi connectivity index (χ4v) is 3.50. The van der Waals surface area contributed by atoms with E-state index in [1.807, 2.05) is 12.1 Å². The Morgan fingerprint density at radius 3 is 2.29 bits per heavy atom. The lowest BCUT2D eigenvalue weighted by Gasteiger charge is -2.34. The minimum absolute atomic E-state index is 0.117. The van der Waals surface area contributed by atoms with Gasteiger partial charge in [-0.2, -0.15) is 0 Å². The highest BCUT2D eigenvalue weighted by atomic mass is 16.1. The van der Waals surface area contributed by atoms with Crippen LogP contribution in [0.15, 0.2) is 18.2 Å². The second-order valence-corrected chi connectivity index (χ2v) is 6.88. The molecule has 1 N–H and O–H groups in total. The van der Waals surface area contributed by atoms with E-state index in [0.717, 1.165) is 37.2 Å². The molecule has 1 amide bonds. The number of amides is 1. The van der Waals surface area contributed by atoms with E-state index in [4.69, 9.17) is 0 Å². The summed E-state index contributed by atoms with van der Waals surface area (Å²) in [4.78, 5) is 14.5. The second-order valence-electron chi connectivity index (χ2n) is 6.88. The van der Waals surface area contributed by atoms with Gasteiger partial charge in [0.1, 0.15) is 0 Å². The first-order valence-corrected chi connectivity index (χ1v) is 8.03. The Kier molecular flexibility index (Phi) is 5.40. The van der Waals surface area contributed by atoms with Crippen molar-refractivity contribution < 1.29 is 4.79 Å². The molecule has 1 aliphatic rings. The maximum Gasteiger partial charge on any atom is 0.225 e. The Balaban J connectivity index is 1.82. The van der Waals surface area contributed by atoms with E-state index in [1.54, 1.807) is 0 Å². The summed E-state index contributed by atoms with van der Waals surface area (Å²) in [6, 6.07) is 6.16. The topological polar surface area (TPSA) is 32.3 Å². The quantitative estimate of drug-likeness (QED) is 0.918. The summed E-state index contributed by atoms with van der Waals surface area (Å²) < 4.78 is 0. The van der Waals surface area contributed by atoms with Crippen LogP contribution in [0.5, 0.6) is 0 Å². The van der Waals surface area contributed by atoms with Crippen molar-refractivity contribution in [2.45, 2.75) is 40.5 Å². The largest absolute Gasteiger partial charge is 0.326 e. The summed E-state index contributed by atoms with van der Waals surface area (Å²) in [5, 5.41) is 3.02. The summed E-state index contributed by atoms with van der Waals surface area (Å²) in [6.07, 6.45) is 1.89. The van der Waals surface area contributed by atoms with Crippen LogP contribution < -0.4 is 5.32 Å². The van der Waals surface area contributed by atoms with Crippen LogP contribution in [0.25, 0.3) is 0 Å². The van der Waals surface area contributed by atoms with E-state index in [0.29, 0.717) is 6.42 Å². The van der Waals surface area contributed by atoms with Gasteiger partial charge in [0, 0.05) is 31.7 Å². The Morgan fingerprint density at radius 1 is 1.14 bits per heavy atom. The zero-order valence-corrected chi connectivity index (χ0v) is 13.8. The number of rotatable bonds is 4. The van der Waals surface area contributed by atoms with Crippen molar-refractivity contribution in [2.75, 3.05) is 25.0 Å². The van der Waals surface area contributed by atoms with Gasteiger partial charge in [-0.15, -0.1) is 0 Å². The molecule has 0 saturated carbocycles. The van der Waals surface area contributed by atoms with Crippen molar-refractivity contribution in [3.05, 3.63) is 29.3 Å². The van der Waals surface area contributed by atoms with Crippen molar-refractivity contribution in [3.8, 4) is 0 Å². The molecule has 21 heavy (non-hydrogen) atoms. The number of hydrogen-bond acceptors (Lipinski definition) is 2. The van der Waals surface area contributed by atoms with E-state index in [9.17, 15) is 4.79 Å². The number of likely N-dealkylation sites (tertiary alicyclic amines) is 1. The summed E-state index contributed by atoms with van der Waals surface area (Å²) in [5.41, 5.74) is 3.28. The van der Waals surface area contributed by atoms with Gasteiger partial charge < -0.3 is 10.2 Å². The Labute approximate surface area is 128 Å². The monoisotopic (exact) mass is 288 g/mol. The number of nitrogens with zero attached hydrogens (tertiary/aromatic N) is 1. The average Bonchev–Trinajstić information content (AvgIpc) is 2.34. The van der Waals surface area contributed by atoms with Gasteiger partial charge in [0.05, 0.1) is 0 Å². The normalized spacial score (nSPS) is 23.0. The lowest BCUT2D eigenvalue weighted by Crippen LogP contribution is -2.40. The first-order chi connectivity index (χ1) is 9.92. The van der Waals surface area contributed by atoms with Crippen molar-refractivity contribution in [1.82, 2.24) is 4.90 Å². The van der Waals surface area contributed by atoms with Gasteiger partial charge in [-0.3, -0.25) is 4.79 Å². The molecule has 116 valence electrons. The standard InChI is InChI=1S/C18H28N2O/c1-13-7-14(2)10-17(9-13)19-18(21)5-6-20-11-15(3)8-16(4)12-20/h7,9-10,15-16H,5-6,8,11-12H2,1-4H3,(H,19,21)/t15-,16-/m0/s1. The molecule has 0 spiro atoms. The number of piperidine rings is 1. The average molecular weight is 288 g/mol. The van der Waals surface area contributed by atoms with E-state index in [1.165, 1.54) is 17.5 Å². The first-order valence-electron chi connectivity index (χ1n) is 8.03. The van der Waals surface area contributed by atoms with E-state index >= 15 is 0 Å². The van der Waals surface area contributed by atoms with Crippen LogP contribution in [0.1, 0.15) is 37.8 Å². The molecule has 3 heteroatoms. The third-order valence-electron chi connectivity index (χ3n) is 4.11. The summed E-state index contributed by atoms with van der Waals surface area (Å²) >= 11 is 0. The van der Waals surface area contributed by atoms with Crippen LogP contribution in [0, 0.1) is 25.7 Å². The van der Waals surface area contributed by atoms with Crippen molar-refractivity contribution in [3.63, 3.8) is 0 Å². The minimum Gasteiger partial charge on any atom is -0.326 e. The molecule has 1 aliphatic heterocycles. The Hall–Kier alpha value is -1.35. The smallest absolute Gasteiger partial charge is 0.225 e. The lowest BCUT2D eigenvalue weighted by molar-refractivity contribution is -0.116. The van der Waals surface area contributed by atoms with Gasteiger partial charge in [0.2, 0.25) is 5.91 Å². The van der Waals surface area contributed by atoms with Gasteiger partial charge in [-0.25, -0.2) is 0 Å².